The van der Waals surface area contributed by atoms with E-state index in [1.807, 2.05) is 0 Å². The maximum Gasteiger partial charge on any atom is 0.0988 e. The molecule has 0 heterocycles. The molecule has 14 heavy (non-hydrogen) atoms. The Bertz CT molecular complexity index is 226. The quantitative estimate of drug-likeness (QED) is 0.546. The summed E-state index contributed by atoms with van der Waals surface area (Å²) in [5.41, 5.74) is 0. The minimum Gasteiger partial charge on any atom is -0.291 e. The SMILES string of the molecule is C#CCNC(C#N)C1CCCCCC1. The van der Waals surface area contributed by atoms with Crippen molar-refractivity contribution >= 4 is 0 Å². The largest absolute Gasteiger partial charge is 0.291 e. The Morgan fingerprint density at radius 1 is 1.29 bits per heavy atom. The van der Waals surface area contributed by atoms with Gasteiger partial charge in [0, 0.05) is 0 Å². The van der Waals surface area contributed by atoms with Crippen LogP contribution in [0.25, 0.3) is 0 Å². The van der Waals surface area contributed by atoms with E-state index in [0.717, 1.165) is 0 Å². The molecule has 0 saturated heterocycles. The van der Waals surface area contributed by atoms with Crippen LogP contribution >= 0.6 is 0 Å². The fraction of sp³-hybridized carbons (Fsp3) is 0.750. The molecular formula is C12H18N2. The first-order chi connectivity index (χ1) is 6.88. The molecule has 1 aliphatic carbocycles. The molecular weight excluding hydrogens is 172 g/mol. The first-order valence-electron chi connectivity index (χ1n) is 5.45. The lowest BCUT2D eigenvalue weighted by atomic mass is 9.93. The third-order valence-electron chi connectivity index (χ3n) is 2.93. The van der Waals surface area contributed by atoms with Gasteiger partial charge in [-0.15, -0.1) is 6.42 Å². The lowest BCUT2D eigenvalue weighted by molar-refractivity contribution is 0.380. The van der Waals surface area contributed by atoms with Crippen LogP contribution in [0.3, 0.4) is 0 Å². The number of rotatable bonds is 3. The predicted molar refractivity (Wildman–Crippen MR) is 57.4 cm³/mol. The third kappa shape index (κ3) is 3.40. The molecule has 0 aliphatic heterocycles. The van der Waals surface area contributed by atoms with Gasteiger partial charge in [0.05, 0.1) is 18.7 Å². The number of terminal acetylenes is 1. The predicted octanol–water partition coefficient (Wildman–Crippen LogP) is 2.07. The molecule has 1 N–H and O–H groups in total. The first-order valence-corrected chi connectivity index (χ1v) is 5.45. The van der Waals surface area contributed by atoms with Gasteiger partial charge >= 0.3 is 0 Å². The van der Waals surface area contributed by atoms with Crippen molar-refractivity contribution in [1.29, 1.82) is 5.26 Å². The van der Waals surface area contributed by atoms with Crippen LogP contribution in [-0.4, -0.2) is 12.6 Å². The van der Waals surface area contributed by atoms with E-state index in [4.69, 9.17) is 11.7 Å². The van der Waals surface area contributed by atoms with Crippen molar-refractivity contribution in [2.24, 2.45) is 5.92 Å². The third-order valence-corrected chi connectivity index (χ3v) is 2.93. The molecule has 1 atom stereocenters. The standard InChI is InChI=1S/C12H18N2/c1-2-9-14-12(10-13)11-7-5-3-4-6-8-11/h1,11-12,14H,3-9H2. The Morgan fingerprint density at radius 2 is 1.93 bits per heavy atom. The lowest BCUT2D eigenvalue weighted by Crippen LogP contribution is -2.35. The molecule has 2 heteroatoms. The second kappa shape index (κ2) is 6.46. The highest BCUT2D eigenvalue weighted by atomic mass is 14.9. The Morgan fingerprint density at radius 3 is 2.43 bits per heavy atom. The maximum atomic E-state index is 9.02. The number of nitrogens with one attached hydrogen (secondary N) is 1. The summed E-state index contributed by atoms with van der Waals surface area (Å²) in [6, 6.07) is 2.29. The van der Waals surface area contributed by atoms with Gasteiger partial charge in [-0.1, -0.05) is 31.6 Å². The van der Waals surface area contributed by atoms with Crippen LogP contribution in [0, 0.1) is 29.6 Å². The van der Waals surface area contributed by atoms with E-state index in [1.165, 1.54) is 38.5 Å². The normalized spacial score (nSPS) is 20.4. The van der Waals surface area contributed by atoms with E-state index in [9.17, 15) is 0 Å². The summed E-state index contributed by atoms with van der Waals surface area (Å²) in [4.78, 5) is 0. The first kappa shape index (κ1) is 11.1. The zero-order valence-corrected chi connectivity index (χ0v) is 8.63. The number of hydrogen-bond donors (Lipinski definition) is 1. The van der Waals surface area contributed by atoms with Crippen LogP contribution in [0.1, 0.15) is 38.5 Å². The Labute approximate surface area is 86.7 Å². The molecule has 0 bridgehead atoms. The molecule has 0 amide bonds. The highest BCUT2D eigenvalue weighted by Gasteiger charge is 2.21. The smallest absolute Gasteiger partial charge is 0.0988 e. The van der Waals surface area contributed by atoms with Crippen molar-refractivity contribution in [3.63, 3.8) is 0 Å². The summed E-state index contributed by atoms with van der Waals surface area (Å²) >= 11 is 0. The molecule has 0 aromatic rings. The van der Waals surface area contributed by atoms with Crippen molar-refractivity contribution in [1.82, 2.24) is 5.32 Å². The molecule has 0 radical (unpaired) electrons. The molecule has 0 spiro atoms. The fourth-order valence-corrected chi connectivity index (χ4v) is 2.13. The van der Waals surface area contributed by atoms with Crippen LogP contribution < -0.4 is 5.32 Å². The van der Waals surface area contributed by atoms with Crippen molar-refractivity contribution in [3.8, 4) is 18.4 Å². The van der Waals surface area contributed by atoms with Gasteiger partial charge in [0.15, 0.2) is 0 Å². The van der Waals surface area contributed by atoms with Crippen molar-refractivity contribution in [2.75, 3.05) is 6.54 Å². The van der Waals surface area contributed by atoms with E-state index >= 15 is 0 Å². The van der Waals surface area contributed by atoms with E-state index in [2.05, 4.69) is 17.3 Å². The number of nitrogens with zero attached hydrogens (tertiary/aromatic N) is 1. The van der Waals surface area contributed by atoms with Gasteiger partial charge < -0.3 is 0 Å². The molecule has 1 rings (SSSR count). The van der Waals surface area contributed by atoms with Gasteiger partial charge in [-0.25, -0.2) is 0 Å². The Balaban J connectivity index is 2.42. The van der Waals surface area contributed by atoms with Crippen molar-refractivity contribution < 1.29 is 0 Å². The van der Waals surface area contributed by atoms with Crippen LogP contribution in [0.5, 0.6) is 0 Å². The minimum absolute atomic E-state index is 0.0378. The monoisotopic (exact) mass is 190 g/mol. The summed E-state index contributed by atoms with van der Waals surface area (Å²) in [6.45, 7) is 0.509. The Hall–Kier alpha value is -0.990. The number of hydrogen-bond acceptors (Lipinski definition) is 2. The van der Waals surface area contributed by atoms with Gasteiger partial charge in [0.2, 0.25) is 0 Å². The van der Waals surface area contributed by atoms with Gasteiger partial charge in [0.25, 0.3) is 0 Å². The van der Waals surface area contributed by atoms with Crippen LogP contribution in [0.4, 0.5) is 0 Å². The zero-order chi connectivity index (χ0) is 10.2. The zero-order valence-electron chi connectivity index (χ0n) is 8.63. The fourth-order valence-electron chi connectivity index (χ4n) is 2.13. The van der Waals surface area contributed by atoms with Gasteiger partial charge in [0.1, 0.15) is 0 Å². The van der Waals surface area contributed by atoms with Gasteiger partial charge in [-0.3, -0.25) is 5.32 Å². The van der Waals surface area contributed by atoms with Gasteiger partial charge in [-0.2, -0.15) is 5.26 Å². The van der Waals surface area contributed by atoms with Crippen LogP contribution in [0.15, 0.2) is 0 Å². The molecule has 1 saturated carbocycles. The highest BCUT2D eigenvalue weighted by molar-refractivity contribution is 4.99. The van der Waals surface area contributed by atoms with E-state index in [0.29, 0.717) is 12.5 Å². The lowest BCUT2D eigenvalue weighted by Gasteiger charge is -2.20. The van der Waals surface area contributed by atoms with Crippen LogP contribution in [0.2, 0.25) is 0 Å². The molecule has 0 aromatic carbocycles. The topological polar surface area (TPSA) is 35.8 Å². The molecule has 76 valence electrons. The Kier molecular flexibility index (Phi) is 5.12. The summed E-state index contributed by atoms with van der Waals surface area (Å²) in [5.74, 6) is 3.04. The maximum absolute atomic E-state index is 9.02. The summed E-state index contributed by atoms with van der Waals surface area (Å²) in [7, 11) is 0. The van der Waals surface area contributed by atoms with Crippen molar-refractivity contribution in [2.45, 2.75) is 44.6 Å². The number of nitriles is 1. The van der Waals surface area contributed by atoms with E-state index in [-0.39, 0.29) is 6.04 Å². The van der Waals surface area contributed by atoms with Gasteiger partial charge in [-0.05, 0) is 18.8 Å². The second-order valence-corrected chi connectivity index (χ2v) is 3.94. The van der Waals surface area contributed by atoms with Crippen LogP contribution in [-0.2, 0) is 0 Å². The molecule has 1 unspecified atom stereocenters. The molecule has 2 nitrogen and oxygen atoms in total. The average molecular weight is 190 g/mol. The van der Waals surface area contributed by atoms with E-state index < -0.39 is 0 Å². The molecule has 1 fully saturated rings. The molecule has 1 aliphatic rings. The average Bonchev–Trinajstić information content (AvgIpc) is 2.48. The van der Waals surface area contributed by atoms with E-state index in [1.54, 1.807) is 0 Å². The second-order valence-electron chi connectivity index (χ2n) is 3.94. The summed E-state index contributed by atoms with van der Waals surface area (Å²) in [5, 5.41) is 12.1. The summed E-state index contributed by atoms with van der Waals surface area (Å²) < 4.78 is 0. The molecule has 0 aromatic heterocycles. The highest BCUT2D eigenvalue weighted by Crippen LogP contribution is 2.25. The van der Waals surface area contributed by atoms with Crippen molar-refractivity contribution in [3.05, 3.63) is 0 Å². The summed E-state index contributed by atoms with van der Waals surface area (Å²) in [6.07, 6.45) is 12.7. The minimum atomic E-state index is -0.0378.